The van der Waals surface area contributed by atoms with Crippen LogP contribution in [0.5, 0.6) is 5.75 Å². The zero-order chi connectivity index (χ0) is 14.7. The van der Waals surface area contributed by atoms with Crippen molar-refractivity contribution in [3.05, 3.63) is 58.8 Å². The lowest BCUT2D eigenvalue weighted by Gasteiger charge is -2.08. The molecule has 0 fully saturated rings. The maximum absolute atomic E-state index is 9.29. The Hall–Kier alpha value is -2.11. The maximum Gasteiger partial charge on any atom is 0.236 e. The Morgan fingerprint density at radius 1 is 1.24 bits per heavy atom. The van der Waals surface area contributed by atoms with Crippen LogP contribution in [0.1, 0.15) is 17.0 Å². The second-order valence-corrected chi connectivity index (χ2v) is 5.50. The molecule has 5 heteroatoms. The molecule has 4 nitrogen and oxygen atoms in total. The molecule has 1 aromatic carbocycles. The lowest BCUT2D eigenvalue weighted by molar-refractivity contribution is 0.257. The van der Waals surface area contributed by atoms with Gasteiger partial charge in [0.05, 0.1) is 11.5 Å². The molecular weight excluding hydrogens is 286 g/mol. The number of aliphatic hydroxyl groups excluding tert-OH is 1. The Morgan fingerprint density at radius 2 is 2.10 bits per heavy atom. The summed E-state index contributed by atoms with van der Waals surface area (Å²) in [5.41, 5.74) is 1.53. The summed E-state index contributed by atoms with van der Waals surface area (Å²) in [7, 11) is 0. The van der Waals surface area contributed by atoms with Gasteiger partial charge in [-0.25, -0.2) is 4.98 Å². The number of hydrogen-bond donors (Lipinski definition) is 1. The molecule has 0 aliphatic heterocycles. The summed E-state index contributed by atoms with van der Waals surface area (Å²) >= 11 is 1.59. The molecule has 0 radical (unpaired) electrons. The molecule has 0 aliphatic rings. The Balaban J connectivity index is 1.76. The molecule has 108 valence electrons. The van der Waals surface area contributed by atoms with E-state index < -0.39 is 0 Å². The van der Waals surface area contributed by atoms with E-state index in [4.69, 9.17) is 9.15 Å². The van der Waals surface area contributed by atoms with E-state index >= 15 is 0 Å². The van der Waals surface area contributed by atoms with Crippen molar-refractivity contribution in [2.45, 2.75) is 20.1 Å². The van der Waals surface area contributed by atoms with Crippen LogP contribution in [0, 0.1) is 6.92 Å². The SMILES string of the molecule is Cc1oc(-c2cccs2)nc1COc1ccccc1CO. The van der Waals surface area contributed by atoms with E-state index in [0.717, 1.165) is 21.9 Å². The van der Waals surface area contributed by atoms with E-state index in [2.05, 4.69) is 4.98 Å². The van der Waals surface area contributed by atoms with Gasteiger partial charge in [-0.05, 0) is 24.4 Å². The number of benzene rings is 1. The van der Waals surface area contributed by atoms with Gasteiger partial charge in [-0.1, -0.05) is 24.3 Å². The summed E-state index contributed by atoms with van der Waals surface area (Å²) in [5, 5.41) is 11.3. The smallest absolute Gasteiger partial charge is 0.236 e. The van der Waals surface area contributed by atoms with Crippen LogP contribution in [-0.2, 0) is 13.2 Å². The third kappa shape index (κ3) is 2.99. The molecule has 0 unspecified atom stereocenters. The van der Waals surface area contributed by atoms with Crippen molar-refractivity contribution in [1.29, 1.82) is 0 Å². The van der Waals surface area contributed by atoms with E-state index in [9.17, 15) is 5.11 Å². The minimum absolute atomic E-state index is 0.0472. The number of aryl methyl sites for hydroxylation is 1. The van der Waals surface area contributed by atoms with Crippen LogP contribution in [-0.4, -0.2) is 10.1 Å². The molecule has 1 N–H and O–H groups in total. The standard InChI is InChI=1S/C16H15NO3S/c1-11-13(17-16(20-11)15-7-4-8-21-15)10-19-14-6-3-2-5-12(14)9-18/h2-8,18H,9-10H2,1H3. The molecule has 3 rings (SSSR count). The fourth-order valence-electron chi connectivity index (χ4n) is 1.99. The van der Waals surface area contributed by atoms with Gasteiger partial charge < -0.3 is 14.3 Å². The first-order valence-electron chi connectivity index (χ1n) is 6.59. The third-order valence-corrected chi connectivity index (χ3v) is 3.99. The van der Waals surface area contributed by atoms with Crippen molar-refractivity contribution in [3.8, 4) is 16.5 Å². The summed E-state index contributed by atoms with van der Waals surface area (Å²) in [5.74, 6) is 2.04. The number of thiophene rings is 1. The van der Waals surface area contributed by atoms with Crippen molar-refractivity contribution >= 4 is 11.3 Å². The van der Waals surface area contributed by atoms with E-state index in [-0.39, 0.29) is 6.61 Å². The second kappa shape index (κ2) is 6.11. The topological polar surface area (TPSA) is 55.5 Å². The Bertz CT molecular complexity index is 719. The first kappa shape index (κ1) is 13.9. The molecule has 3 aromatic rings. The number of hydrogen-bond acceptors (Lipinski definition) is 5. The Labute approximate surface area is 126 Å². The predicted octanol–water partition coefficient (Wildman–Crippen LogP) is 3.78. The van der Waals surface area contributed by atoms with Gasteiger partial charge in [0.2, 0.25) is 5.89 Å². The summed E-state index contributed by atoms with van der Waals surface area (Å²) in [6.45, 7) is 2.15. The van der Waals surface area contributed by atoms with Crippen LogP contribution in [0.4, 0.5) is 0 Å². The minimum atomic E-state index is -0.0472. The fraction of sp³-hybridized carbons (Fsp3) is 0.188. The van der Waals surface area contributed by atoms with Gasteiger partial charge in [0.25, 0.3) is 0 Å². The number of aromatic nitrogens is 1. The van der Waals surface area contributed by atoms with Gasteiger partial charge in [-0.2, -0.15) is 0 Å². The molecular formula is C16H15NO3S. The van der Waals surface area contributed by atoms with Crippen molar-refractivity contribution in [2.24, 2.45) is 0 Å². The molecule has 0 saturated carbocycles. The van der Waals surface area contributed by atoms with E-state index in [1.54, 1.807) is 11.3 Å². The molecule has 21 heavy (non-hydrogen) atoms. The fourth-order valence-corrected chi connectivity index (χ4v) is 2.64. The van der Waals surface area contributed by atoms with Gasteiger partial charge >= 0.3 is 0 Å². The van der Waals surface area contributed by atoms with Gasteiger partial charge in [0.1, 0.15) is 23.8 Å². The number of ether oxygens (including phenoxy) is 1. The number of nitrogens with zero attached hydrogens (tertiary/aromatic N) is 1. The summed E-state index contributed by atoms with van der Waals surface area (Å²) in [4.78, 5) is 5.48. The quantitative estimate of drug-likeness (QED) is 0.779. The van der Waals surface area contributed by atoms with Crippen LogP contribution in [0.2, 0.25) is 0 Å². The monoisotopic (exact) mass is 301 g/mol. The predicted molar refractivity (Wildman–Crippen MR) is 81.2 cm³/mol. The van der Waals surface area contributed by atoms with Gasteiger partial charge in [0.15, 0.2) is 0 Å². The Kier molecular flexibility index (Phi) is 4.03. The maximum atomic E-state index is 9.29. The number of para-hydroxylation sites is 1. The lowest BCUT2D eigenvalue weighted by atomic mass is 10.2. The average molecular weight is 301 g/mol. The highest BCUT2D eigenvalue weighted by Gasteiger charge is 2.13. The van der Waals surface area contributed by atoms with E-state index in [0.29, 0.717) is 18.2 Å². The van der Waals surface area contributed by atoms with Gasteiger partial charge in [0, 0.05) is 5.56 Å². The molecule has 0 aliphatic carbocycles. The molecule has 2 aromatic heterocycles. The van der Waals surface area contributed by atoms with Gasteiger partial charge in [-0.3, -0.25) is 0 Å². The largest absolute Gasteiger partial charge is 0.487 e. The third-order valence-electron chi connectivity index (χ3n) is 3.13. The van der Waals surface area contributed by atoms with Crippen LogP contribution in [0.25, 0.3) is 10.8 Å². The number of aliphatic hydroxyl groups is 1. The normalized spacial score (nSPS) is 10.8. The second-order valence-electron chi connectivity index (χ2n) is 4.55. The van der Waals surface area contributed by atoms with Crippen LogP contribution in [0.3, 0.4) is 0 Å². The zero-order valence-corrected chi connectivity index (χ0v) is 12.4. The van der Waals surface area contributed by atoms with Crippen molar-refractivity contribution in [3.63, 3.8) is 0 Å². The Morgan fingerprint density at radius 3 is 2.86 bits per heavy atom. The molecule has 0 bridgehead atoms. The molecule has 0 amide bonds. The number of rotatable bonds is 5. The summed E-state index contributed by atoms with van der Waals surface area (Å²) < 4.78 is 11.4. The lowest BCUT2D eigenvalue weighted by Crippen LogP contribution is -2.00. The summed E-state index contributed by atoms with van der Waals surface area (Å²) in [6, 6.07) is 11.4. The molecule has 0 saturated heterocycles. The highest BCUT2D eigenvalue weighted by molar-refractivity contribution is 7.13. The average Bonchev–Trinajstić information content (AvgIpc) is 3.15. The highest BCUT2D eigenvalue weighted by Crippen LogP contribution is 2.27. The molecule has 2 heterocycles. The number of oxazole rings is 1. The first-order valence-corrected chi connectivity index (χ1v) is 7.47. The van der Waals surface area contributed by atoms with Crippen molar-refractivity contribution in [1.82, 2.24) is 4.98 Å². The summed E-state index contributed by atoms with van der Waals surface area (Å²) in [6.07, 6.45) is 0. The van der Waals surface area contributed by atoms with Gasteiger partial charge in [-0.15, -0.1) is 11.3 Å². The first-order chi connectivity index (χ1) is 10.3. The van der Waals surface area contributed by atoms with Crippen molar-refractivity contribution in [2.75, 3.05) is 0 Å². The van der Waals surface area contributed by atoms with E-state index in [1.807, 2.05) is 48.7 Å². The van der Waals surface area contributed by atoms with Crippen LogP contribution in [0.15, 0.2) is 46.2 Å². The molecule has 0 atom stereocenters. The van der Waals surface area contributed by atoms with Crippen molar-refractivity contribution < 1.29 is 14.3 Å². The van der Waals surface area contributed by atoms with Crippen LogP contribution >= 0.6 is 11.3 Å². The molecule has 0 spiro atoms. The zero-order valence-electron chi connectivity index (χ0n) is 11.6. The minimum Gasteiger partial charge on any atom is -0.487 e. The van der Waals surface area contributed by atoms with E-state index in [1.165, 1.54) is 0 Å². The van der Waals surface area contributed by atoms with Crippen LogP contribution < -0.4 is 4.74 Å². The highest BCUT2D eigenvalue weighted by atomic mass is 32.1.